The van der Waals surface area contributed by atoms with Gasteiger partial charge in [0.2, 0.25) is 0 Å². The molecule has 0 saturated carbocycles. The molecule has 3 heterocycles. The summed E-state index contributed by atoms with van der Waals surface area (Å²) in [6.45, 7) is 0. The van der Waals surface area contributed by atoms with Crippen LogP contribution in [0.1, 0.15) is 0 Å². The fourth-order valence-corrected chi connectivity index (χ4v) is 8.75. The number of imidazole rings is 1. The lowest BCUT2D eigenvalue weighted by Crippen LogP contribution is -1.97. The maximum Gasteiger partial charge on any atom is 0.145 e. The largest absolute Gasteiger partial charge is 0.292 e. The minimum Gasteiger partial charge on any atom is -0.292 e. The van der Waals surface area contributed by atoms with Crippen LogP contribution in [0.5, 0.6) is 0 Å². The standard InChI is InChI=1S/C49H30N4S/c1-3-11-33(12-4-1)48-52-47-43(53(48)38-13-5-2-6-14-38)28-27-40-39-15-7-8-16-41(39)50-46(45(40)47)32-21-19-31(20-22-32)34-23-24-36-30-37(26-25-35(36)29-34)49-51-42-17-9-10-18-44(42)54-49/h1-30H. The lowest BCUT2D eigenvalue weighted by Gasteiger charge is -2.13. The fourth-order valence-electron chi connectivity index (χ4n) is 7.79. The highest BCUT2D eigenvalue weighted by Gasteiger charge is 2.21. The predicted octanol–water partition coefficient (Wildman–Crippen LogP) is 13.2. The highest BCUT2D eigenvalue weighted by molar-refractivity contribution is 7.21. The van der Waals surface area contributed by atoms with Crippen molar-refractivity contribution in [1.29, 1.82) is 0 Å². The van der Waals surface area contributed by atoms with Gasteiger partial charge in [-0.05, 0) is 75.8 Å². The number of benzene rings is 8. The summed E-state index contributed by atoms with van der Waals surface area (Å²) in [6.07, 6.45) is 0. The van der Waals surface area contributed by atoms with E-state index in [9.17, 15) is 0 Å². The van der Waals surface area contributed by atoms with Gasteiger partial charge in [-0.3, -0.25) is 4.57 Å². The van der Waals surface area contributed by atoms with E-state index in [2.05, 4.69) is 174 Å². The minimum atomic E-state index is 0.905. The molecule has 0 saturated heterocycles. The van der Waals surface area contributed by atoms with Gasteiger partial charge in [-0.15, -0.1) is 11.3 Å². The molecule has 0 spiro atoms. The summed E-state index contributed by atoms with van der Waals surface area (Å²) < 4.78 is 3.48. The third-order valence-corrected chi connectivity index (χ3v) is 11.5. The summed E-state index contributed by atoms with van der Waals surface area (Å²) in [4.78, 5) is 15.7. The van der Waals surface area contributed by atoms with Crippen molar-refractivity contribution in [3.8, 4) is 50.0 Å². The Kier molecular flexibility index (Phi) is 7.00. The van der Waals surface area contributed by atoms with Crippen LogP contribution >= 0.6 is 11.3 Å². The molecule has 0 unspecified atom stereocenters. The van der Waals surface area contributed by atoms with Crippen molar-refractivity contribution in [3.63, 3.8) is 0 Å². The Morgan fingerprint density at radius 1 is 0.426 bits per heavy atom. The van der Waals surface area contributed by atoms with E-state index < -0.39 is 0 Å². The maximum atomic E-state index is 5.43. The molecule has 0 aliphatic carbocycles. The Morgan fingerprint density at radius 3 is 1.87 bits per heavy atom. The number of pyridine rings is 1. The zero-order valence-corrected chi connectivity index (χ0v) is 29.8. The van der Waals surface area contributed by atoms with Crippen LogP contribution < -0.4 is 0 Å². The molecule has 3 aromatic heterocycles. The van der Waals surface area contributed by atoms with Gasteiger partial charge in [0.25, 0.3) is 0 Å². The van der Waals surface area contributed by atoms with Gasteiger partial charge in [0.15, 0.2) is 0 Å². The van der Waals surface area contributed by atoms with Crippen molar-refractivity contribution < 1.29 is 0 Å². The van der Waals surface area contributed by atoms with E-state index >= 15 is 0 Å². The van der Waals surface area contributed by atoms with Crippen molar-refractivity contribution in [2.75, 3.05) is 0 Å². The number of nitrogens with zero attached hydrogens (tertiary/aromatic N) is 4. The molecular formula is C49H30N4S. The number of aromatic nitrogens is 4. The summed E-state index contributed by atoms with van der Waals surface area (Å²) in [7, 11) is 0. The SMILES string of the molecule is c1ccc(-c2nc3c4c(-c5ccc(-c6ccc7cc(-c8nc9ccccc9s8)ccc7c6)cc5)nc5ccccc5c4ccc3n2-c2ccccc2)cc1. The zero-order valence-electron chi connectivity index (χ0n) is 29.0. The van der Waals surface area contributed by atoms with Crippen LogP contribution in [0.3, 0.4) is 0 Å². The van der Waals surface area contributed by atoms with Crippen molar-refractivity contribution in [3.05, 3.63) is 182 Å². The van der Waals surface area contributed by atoms with Crippen molar-refractivity contribution in [2.24, 2.45) is 0 Å². The van der Waals surface area contributed by atoms with Crippen LogP contribution in [0, 0.1) is 0 Å². The molecule has 0 N–H and O–H groups in total. The van der Waals surface area contributed by atoms with Gasteiger partial charge in [0, 0.05) is 33.2 Å². The first kappa shape index (κ1) is 30.7. The topological polar surface area (TPSA) is 43.6 Å². The fraction of sp³-hybridized carbons (Fsp3) is 0. The quantitative estimate of drug-likeness (QED) is 0.167. The third kappa shape index (κ3) is 5.01. The molecule has 0 aliphatic rings. The molecular weight excluding hydrogens is 677 g/mol. The minimum absolute atomic E-state index is 0.905. The van der Waals surface area contributed by atoms with Crippen LogP contribution in [-0.2, 0) is 0 Å². The maximum absolute atomic E-state index is 5.43. The first-order valence-corrected chi connectivity index (χ1v) is 18.9. The molecule has 11 rings (SSSR count). The Balaban J connectivity index is 1.04. The Morgan fingerprint density at radius 2 is 1.07 bits per heavy atom. The van der Waals surface area contributed by atoms with E-state index in [1.54, 1.807) is 11.3 Å². The molecule has 0 amide bonds. The van der Waals surface area contributed by atoms with Gasteiger partial charge < -0.3 is 0 Å². The number of hydrogen-bond donors (Lipinski definition) is 0. The van der Waals surface area contributed by atoms with Crippen LogP contribution in [0.2, 0.25) is 0 Å². The van der Waals surface area contributed by atoms with E-state index in [4.69, 9.17) is 15.0 Å². The molecule has 252 valence electrons. The monoisotopic (exact) mass is 706 g/mol. The summed E-state index contributed by atoms with van der Waals surface area (Å²) in [5, 5.41) is 6.77. The molecule has 0 radical (unpaired) electrons. The van der Waals surface area contributed by atoms with Crippen molar-refractivity contribution in [1.82, 2.24) is 19.5 Å². The van der Waals surface area contributed by atoms with Crippen molar-refractivity contribution >= 4 is 65.0 Å². The van der Waals surface area contributed by atoms with Crippen LogP contribution in [0.4, 0.5) is 0 Å². The average Bonchev–Trinajstić information content (AvgIpc) is 3.86. The zero-order chi connectivity index (χ0) is 35.6. The number of hydrogen-bond acceptors (Lipinski definition) is 4. The summed E-state index contributed by atoms with van der Waals surface area (Å²) in [6, 6.07) is 64.3. The molecule has 54 heavy (non-hydrogen) atoms. The lowest BCUT2D eigenvalue weighted by molar-refractivity contribution is 1.10. The first-order valence-electron chi connectivity index (χ1n) is 18.1. The smallest absolute Gasteiger partial charge is 0.145 e. The van der Waals surface area contributed by atoms with Gasteiger partial charge in [-0.2, -0.15) is 0 Å². The molecule has 0 aliphatic heterocycles. The molecule has 0 atom stereocenters. The summed E-state index contributed by atoms with van der Waals surface area (Å²) >= 11 is 1.74. The normalized spacial score (nSPS) is 11.7. The lowest BCUT2D eigenvalue weighted by atomic mass is 9.96. The number of para-hydroxylation sites is 3. The highest BCUT2D eigenvalue weighted by atomic mass is 32.1. The highest BCUT2D eigenvalue weighted by Crippen LogP contribution is 2.40. The molecule has 5 heteroatoms. The van der Waals surface area contributed by atoms with Gasteiger partial charge in [0.05, 0.1) is 32.5 Å². The second-order valence-corrected chi connectivity index (χ2v) is 14.7. The molecule has 8 aromatic carbocycles. The molecule has 0 bridgehead atoms. The Labute approximate surface area is 315 Å². The van der Waals surface area contributed by atoms with Crippen LogP contribution in [0.25, 0.3) is 104 Å². The van der Waals surface area contributed by atoms with E-state index in [0.29, 0.717) is 0 Å². The van der Waals surface area contributed by atoms with Gasteiger partial charge in [-0.25, -0.2) is 15.0 Å². The van der Waals surface area contributed by atoms with E-state index in [1.807, 2.05) is 12.1 Å². The second kappa shape index (κ2) is 12.3. The van der Waals surface area contributed by atoms with Crippen LogP contribution in [-0.4, -0.2) is 19.5 Å². The average molecular weight is 707 g/mol. The second-order valence-electron chi connectivity index (χ2n) is 13.6. The Hall–Kier alpha value is -6.95. The molecule has 4 nitrogen and oxygen atoms in total. The van der Waals surface area contributed by atoms with E-state index in [0.717, 1.165) is 82.7 Å². The van der Waals surface area contributed by atoms with Gasteiger partial charge >= 0.3 is 0 Å². The number of rotatable bonds is 5. The first-order chi connectivity index (χ1) is 26.7. The molecule has 0 fully saturated rings. The summed E-state index contributed by atoms with van der Waals surface area (Å²) in [5.41, 5.74) is 11.6. The predicted molar refractivity (Wildman–Crippen MR) is 226 cm³/mol. The van der Waals surface area contributed by atoms with Crippen LogP contribution in [0.15, 0.2) is 182 Å². The third-order valence-electron chi connectivity index (χ3n) is 10.4. The number of fused-ring (bicyclic) bond motifs is 7. The summed E-state index contributed by atoms with van der Waals surface area (Å²) in [5.74, 6) is 0.905. The van der Waals surface area contributed by atoms with Gasteiger partial charge in [0.1, 0.15) is 10.8 Å². The molecule has 11 aromatic rings. The number of thiazole rings is 1. The Bertz CT molecular complexity index is 3170. The van der Waals surface area contributed by atoms with E-state index in [1.165, 1.54) is 21.0 Å². The van der Waals surface area contributed by atoms with E-state index in [-0.39, 0.29) is 0 Å². The van der Waals surface area contributed by atoms with Crippen molar-refractivity contribution in [2.45, 2.75) is 0 Å². The van der Waals surface area contributed by atoms with Gasteiger partial charge in [-0.1, -0.05) is 133 Å².